The maximum absolute atomic E-state index is 6.57. The van der Waals surface area contributed by atoms with Gasteiger partial charge in [-0.2, -0.15) is 0 Å². The van der Waals surface area contributed by atoms with E-state index in [0.717, 1.165) is 133 Å². The smallest absolute Gasteiger partial charge is 0.235 e. The number of fused-ring (bicyclic) bond motifs is 35. The summed E-state index contributed by atoms with van der Waals surface area (Å²) in [5, 5.41) is 20.5. The van der Waals surface area contributed by atoms with Crippen LogP contribution in [0.5, 0.6) is 0 Å². The number of rotatable bonds is 8. The Bertz CT molecular complexity index is 10400. The standard InChI is InChI=1S/C50H30N4S.C41H26N2OS.C41H26N2S2/c1-3-13-31(14-4-1)47-40-27-26-39-38-19-9-12-22-46(38)55-49(39)48(40)52-50(51-47)54-43-21-11-7-17-35(43)37-25-23-33(30-45(37)54)32-24-28-44-41(29-32)36-18-8-10-20-42(36)53(44)34-15-5-2-6-16-34;2*1-41(2)31-20-16-24(22-30(31)35-32(41)21-19-27-25-12-6-8-14-33(25)44-38(27)35)40-42-36(23-10-4-3-5-11-23)29-18-17-28-26-13-7-9-15-34(26)45-39(28)37(29)43-40/h1-30H;2*3-22H,1-2H3. The number of thiophene rings is 4. The van der Waals surface area contributed by atoms with Gasteiger partial charge in [0, 0.05) is 171 Å². The molecule has 145 heavy (non-hydrogen) atoms. The lowest BCUT2D eigenvalue weighted by Crippen LogP contribution is -2.14. The van der Waals surface area contributed by atoms with Crippen LogP contribution in [0, 0.1) is 0 Å². The number of furan rings is 1. The Morgan fingerprint density at radius 2 is 0.572 bits per heavy atom. The van der Waals surface area contributed by atoms with Crippen LogP contribution in [-0.2, 0) is 10.8 Å². The van der Waals surface area contributed by atoms with E-state index in [1.807, 2.05) is 51.4 Å². The van der Waals surface area contributed by atoms with Gasteiger partial charge in [0.2, 0.25) is 5.95 Å². The number of para-hydroxylation sites is 4. The summed E-state index contributed by atoms with van der Waals surface area (Å²) in [6.07, 6.45) is 0. The van der Waals surface area contributed by atoms with Crippen LogP contribution in [0.25, 0.3) is 281 Å². The number of nitrogens with zero attached hydrogens (tertiary/aromatic N) is 8. The van der Waals surface area contributed by atoms with E-state index in [2.05, 4.69) is 455 Å². The van der Waals surface area contributed by atoms with E-state index in [9.17, 15) is 0 Å². The van der Waals surface area contributed by atoms with Crippen molar-refractivity contribution in [3.8, 4) is 102 Å². The fraction of sp³-hybridized carbons (Fsp3) is 0.0455. The molecule has 0 atom stereocenters. The molecule has 10 heterocycles. The summed E-state index contributed by atoms with van der Waals surface area (Å²) in [7, 11) is 0. The van der Waals surface area contributed by atoms with E-state index in [0.29, 0.717) is 5.95 Å². The van der Waals surface area contributed by atoms with Gasteiger partial charge in [-0.25, -0.2) is 29.9 Å². The average Bonchev–Trinajstić information content (AvgIpc) is 1.55. The molecule has 0 unspecified atom stereocenters. The van der Waals surface area contributed by atoms with Crippen LogP contribution in [0.1, 0.15) is 49.9 Å². The molecule has 30 aromatic rings. The molecule has 0 bridgehead atoms. The molecule has 9 nitrogen and oxygen atoms in total. The van der Waals surface area contributed by atoms with Gasteiger partial charge < -0.3 is 8.98 Å². The van der Waals surface area contributed by atoms with Crippen molar-refractivity contribution in [2.24, 2.45) is 0 Å². The van der Waals surface area contributed by atoms with Gasteiger partial charge in [0.1, 0.15) is 11.2 Å². The molecule has 13 heteroatoms. The molecule has 0 radical (unpaired) electrons. The predicted molar refractivity (Wildman–Crippen MR) is 614 cm³/mol. The lowest BCUT2D eigenvalue weighted by Gasteiger charge is -2.21. The highest BCUT2D eigenvalue weighted by Crippen LogP contribution is 2.58. The molecule has 0 amide bonds. The molecular weight excluding hydrogens is 1840 g/mol. The van der Waals surface area contributed by atoms with E-state index < -0.39 is 0 Å². The van der Waals surface area contributed by atoms with Crippen molar-refractivity contribution in [2.45, 2.75) is 38.5 Å². The topological polar surface area (TPSA) is 100 Å². The molecular formula is C132H82N8OS4. The molecule has 680 valence electrons. The average molecular weight is 1920 g/mol. The Morgan fingerprint density at radius 1 is 0.221 bits per heavy atom. The summed E-state index contributed by atoms with van der Waals surface area (Å²) in [4.78, 5) is 32.3. The number of aromatic nitrogens is 8. The monoisotopic (exact) mass is 1920 g/mol. The number of benzene rings is 20. The Morgan fingerprint density at radius 3 is 1.10 bits per heavy atom. The quantitative estimate of drug-likeness (QED) is 0.149. The summed E-state index contributed by atoms with van der Waals surface area (Å²) in [5.41, 5.74) is 31.2. The normalized spacial score (nSPS) is 13.1. The van der Waals surface area contributed by atoms with Crippen molar-refractivity contribution >= 4 is 224 Å². The fourth-order valence-corrected chi connectivity index (χ4v) is 28.5. The summed E-state index contributed by atoms with van der Waals surface area (Å²) < 4.78 is 21.3. The number of hydrogen-bond acceptors (Lipinski definition) is 11. The molecule has 0 spiro atoms. The second kappa shape index (κ2) is 32.1. The Balaban J connectivity index is 0.000000102. The van der Waals surface area contributed by atoms with Crippen LogP contribution < -0.4 is 0 Å². The van der Waals surface area contributed by atoms with Gasteiger partial charge in [0.05, 0.1) is 69.8 Å². The summed E-state index contributed by atoms with van der Waals surface area (Å²) in [5.74, 6) is 2.17. The summed E-state index contributed by atoms with van der Waals surface area (Å²) >= 11 is 7.35. The van der Waals surface area contributed by atoms with Gasteiger partial charge >= 0.3 is 0 Å². The molecule has 0 N–H and O–H groups in total. The zero-order valence-electron chi connectivity index (χ0n) is 79.0. The molecule has 20 aromatic carbocycles. The summed E-state index contributed by atoms with van der Waals surface area (Å²) in [6, 6.07) is 152. The van der Waals surface area contributed by atoms with E-state index in [1.54, 1.807) is 0 Å². The Labute approximate surface area is 847 Å². The molecule has 0 fully saturated rings. The van der Waals surface area contributed by atoms with Crippen LogP contribution in [-0.4, -0.2) is 39.0 Å². The predicted octanol–water partition coefficient (Wildman–Crippen LogP) is 37.1. The largest absolute Gasteiger partial charge is 0.455 e. The first kappa shape index (κ1) is 83.5. The number of hydrogen-bond donors (Lipinski definition) is 0. The summed E-state index contributed by atoms with van der Waals surface area (Å²) in [6.45, 7) is 9.33. The Kier molecular flexibility index (Phi) is 18.5. The van der Waals surface area contributed by atoms with Crippen molar-refractivity contribution in [1.29, 1.82) is 0 Å². The molecule has 2 aliphatic rings. The minimum Gasteiger partial charge on any atom is -0.455 e. The first-order valence-corrected chi connectivity index (χ1v) is 52.5. The van der Waals surface area contributed by atoms with Crippen molar-refractivity contribution in [3.63, 3.8) is 0 Å². The zero-order valence-corrected chi connectivity index (χ0v) is 82.3. The minimum absolute atomic E-state index is 0.0871. The van der Waals surface area contributed by atoms with Crippen molar-refractivity contribution < 1.29 is 4.42 Å². The van der Waals surface area contributed by atoms with E-state index in [-0.39, 0.29) is 10.8 Å². The third-order valence-corrected chi connectivity index (χ3v) is 35.3. The van der Waals surface area contributed by atoms with Crippen molar-refractivity contribution in [3.05, 3.63) is 447 Å². The zero-order chi connectivity index (χ0) is 95.8. The first-order valence-electron chi connectivity index (χ1n) is 49.3. The molecule has 2 aliphatic carbocycles. The lowest BCUT2D eigenvalue weighted by atomic mass is 9.82. The Hall–Kier alpha value is -17.3. The van der Waals surface area contributed by atoms with Gasteiger partial charge in [-0.1, -0.05) is 349 Å². The highest BCUT2D eigenvalue weighted by molar-refractivity contribution is 7.28. The van der Waals surface area contributed by atoms with Gasteiger partial charge in [-0.15, -0.1) is 45.3 Å². The highest BCUT2D eigenvalue weighted by Gasteiger charge is 2.40. The molecule has 32 rings (SSSR count). The van der Waals surface area contributed by atoms with Gasteiger partial charge in [-0.05, 0) is 148 Å². The fourth-order valence-electron chi connectivity index (χ4n) is 23.6. The van der Waals surface area contributed by atoms with Crippen molar-refractivity contribution in [2.75, 3.05) is 0 Å². The lowest BCUT2D eigenvalue weighted by molar-refractivity contribution is 0.653. The first-order chi connectivity index (χ1) is 71.4. The van der Waals surface area contributed by atoms with Crippen LogP contribution in [0.2, 0.25) is 0 Å². The van der Waals surface area contributed by atoms with Gasteiger partial charge in [0.15, 0.2) is 11.6 Å². The van der Waals surface area contributed by atoms with Crippen molar-refractivity contribution in [1.82, 2.24) is 39.0 Å². The maximum Gasteiger partial charge on any atom is 0.235 e. The van der Waals surface area contributed by atoms with E-state index >= 15 is 0 Å². The van der Waals surface area contributed by atoms with Crippen LogP contribution >= 0.6 is 45.3 Å². The molecule has 0 saturated heterocycles. The minimum atomic E-state index is -0.154. The van der Waals surface area contributed by atoms with Gasteiger partial charge in [-0.3, -0.25) is 4.57 Å². The molecule has 0 saturated carbocycles. The van der Waals surface area contributed by atoms with Crippen LogP contribution in [0.15, 0.2) is 429 Å². The second-order valence-electron chi connectivity index (χ2n) is 39.3. The molecule has 0 aliphatic heterocycles. The van der Waals surface area contributed by atoms with Crippen LogP contribution in [0.4, 0.5) is 0 Å². The highest BCUT2D eigenvalue weighted by atomic mass is 32.1. The maximum atomic E-state index is 6.57. The van der Waals surface area contributed by atoms with E-state index in [1.165, 1.54) is 163 Å². The molecule has 10 aromatic heterocycles. The van der Waals surface area contributed by atoms with Gasteiger partial charge in [0.25, 0.3) is 0 Å². The third-order valence-electron chi connectivity index (χ3n) is 30.5. The second-order valence-corrected chi connectivity index (χ2v) is 43.5. The SMILES string of the molecule is CC1(C)c2ccc(-c3nc(-c4ccccc4)c4ccc5c6ccccc6sc5c4n3)cc2-c2c1ccc1c2oc2ccccc21.CC1(C)c2ccc(-c3nc(-c4ccccc4)c4ccc5c6ccccc6sc5c4n3)cc2-c2c1ccc1c2sc2ccccc21.c1ccc(-c2nc(-n3c4ccccc4c4ccc(-c5ccc6c(c5)c5ccccc5n6-c5ccccc5)cc43)nc3c2ccc2c4ccccc4sc23)cc1. The third kappa shape index (κ3) is 12.8. The van der Waals surface area contributed by atoms with Crippen LogP contribution in [0.3, 0.4) is 0 Å². The van der Waals surface area contributed by atoms with E-state index in [4.69, 9.17) is 34.3 Å².